The average molecular weight is 302 g/mol. The highest BCUT2D eigenvalue weighted by atomic mass is 16.5. The lowest BCUT2D eigenvalue weighted by molar-refractivity contribution is 0.141. The van der Waals surface area contributed by atoms with Gasteiger partial charge in [-0.25, -0.2) is 9.97 Å². The first-order valence-corrected chi connectivity index (χ1v) is 8.25. The minimum Gasteiger partial charge on any atom is -0.384 e. The number of nitrogens with zero attached hydrogens (tertiary/aromatic N) is 4. The van der Waals surface area contributed by atoms with Crippen molar-refractivity contribution in [2.24, 2.45) is 0 Å². The van der Waals surface area contributed by atoms with Gasteiger partial charge in [0.2, 0.25) is 0 Å². The molecule has 1 fully saturated rings. The highest BCUT2D eigenvalue weighted by molar-refractivity contribution is 5.71. The first-order valence-electron chi connectivity index (χ1n) is 8.25. The zero-order chi connectivity index (χ0) is 15.5. The van der Waals surface area contributed by atoms with Crippen molar-refractivity contribution in [2.75, 3.05) is 26.8 Å². The predicted octanol–water partition coefficient (Wildman–Crippen LogP) is 2.67. The highest BCUT2D eigenvalue weighted by Gasteiger charge is 2.26. The summed E-state index contributed by atoms with van der Waals surface area (Å²) in [6, 6.07) is 5.06. The molecule has 1 unspecified atom stereocenters. The lowest BCUT2D eigenvalue weighted by atomic mass is 10.0. The molecule has 0 saturated carbocycles. The minimum absolute atomic E-state index is 0.461. The summed E-state index contributed by atoms with van der Waals surface area (Å²) in [4.78, 5) is 12.0. The Bertz CT molecular complexity index is 622. The zero-order valence-corrected chi connectivity index (χ0v) is 13.8. The molecule has 22 heavy (non-hydrogen) atoms. The fourth-order valence-corrected chi connectivity index (χ4v) is 3.39. The van der Waals surface area contributed by atoms with E-state index in [2.05, 4.69) is 34.4 Å². The number of pyridine rings is 1. The minimum atomic E-state index is 0.461. The van der Waals surface area contributed by atoms with E-state index in [9.17, 15) is 0 Å². The number of hydrogen-bond acceptors (Lipinski definition) is 4. The third kappa shape index (κ3) is 3.01. The van der Waals surface area contributed by atoms with Crippen LogP contribution in [0.4, 0.5) is 0 Å². The lowest BCUT2D eigenvalue weighted by Gasteiger charge is -2.36. The Hall–Kier alpha value is -1.46. The van der Waals surface area contributed by atoms with Gasteiger partial charge >= 0.3 is 0 Å². The van der Waals surface area contributed by atoms with E-state index < -0.39 is 0 Å². The third-order valence-corrected chi connectivity index (χ3v) is 4.58. The molecule has 1 aliphatic heterocycles. The molecule has 0 spiro atoms. The molecule has 5 heteroatoms. The summed E-state index contributed by atoms with van der Waals surface area (Å²) in [5.41, 5.74) is 2.01. The van der Waals surface area contributed by atoms with E-state index in [0.717, 1.165) is 30.0 Å². The molecule has 2 aromatic heterocycles. The summed E-state index contributed by atoms with van der Waals surface area (Å²) in [6.45, 7) is 7.53. The van der Waals surface area contributed by atoms with Crippen molar-refractivity contribution in [2.45, 2.75) is 45.2 Å². The molecule has 2 aromatic rings. The number of piperidine rings is 1. The Balaban J connectivity index is 1.96. The standard InChI is InChI=1S/C17H26N4O/c1-13(2)20-10-5-6-14(12-20)21-16(8-11-22-3)19-15-7-4-9-18-17(15)21/h4,7,9,13-14H,5-6,8,10-12H2,1-3H3. The maximum atomic E-state index is 5.26. The van der Waals surface area contributed by atoms with Gasteiger partial charge in [-0.15, -0.1) is 0 Å². The number of imidazole rings is 1. The Morgan fingerprint density at radius 2 is 2.27 bits per heavy atom. The molecule has 1 aliphatic rings. The van der Waals surface area contributed by atoms with E-state index in [1.807, 2.05) is 12.3 Å². The molecule has 3 heterocycles. The average Bonchev–Trinajstić information content (AvgIpc) is 2.91. The van der Waals surface area contributed by atoms with Crippen molar-refractivity contribution >= 4 is 11.2 Å². The first-order chi connectivity index (χ1) is 10.7. The van der Waals surface area contributed by atoms with Crippen LogP contribution in [0.1, 0.15) is 38.6 Å². The maximum Gasteiger partial charge on any atom is 0.160 e. The Morgan fingerprint density at radius 3 is 3.05 bits per heavy atom. The van der Waals surface area contributed by atoms with Crippen molar-refractivity contribution in [1.29, 1.82) is 0 Å². The van der Waals surface area contributed by atoms with Crippen LogP contribution in [0.25, 0.3) is 11.2 Å². The highest BCUT2D eigenvalue weighted by Crippen LogP contribution is 2.28. The van der Waals surface area contributed by atoms with Crippen LogP contribution in [0.3, 0.4) is 0 Å². The van der Waals surface area contributed by atoms with E-state index in [1.54, 1.807) is 7.11 Å². The van der Waals surface area contributed by atoms with Crippen LogP contribution in [0.2, 0.25) is 0 Å². The van der Waals surface area contributed by atoms with Crippen LogP contribution in [0, 0.1) is 0 Å². The van der Waals surface area contributed by atoms with Crippen LogP contribution in [0.15, 0.2) is 18.3 Å². The summed E-state index contributed by atoms with van der Waals surface area (Å²) in [5, 5.41) is 0. The number of likely N-dealkylation sites (tertiary alicyclic amines) is 1. The third-order valence-electron chi connectivity index (χ3n) is 4.58. The molecule has 0 amide bonds. The zero-order valence-electron chi connectivity index (χ0n) is 13.8. The number of aromatic nitrogens is 3. The summed E-state index contributed by atoms with van der Waals surface area (Å²) in [5.74, 6) is 1.10. The molecule has 0 N–H and O–H groups in total. The van der Waals surface area contributed by atoms with Gasteiger partial charge in [0.05, 0.1) is 6.61 Å². The van der Waals surface area contributed by atoms with Crippen molar-refractivity contribution in [1.82, 2.24) is 19.4 Å². The number of rotatable bonds is 5. The van der Waals surface area contributed by atoms with Crippen molar-refractivity contribution in [3.05, 3.63) is 24.2 Å². The monoisotopic (exact) mass is 302 g/mol. The van der Waals surface area contributed by atoms with Gasteiger partial charge in [0.15, 0.2) is 5.65 Å². The van der Waals surface area contributed by atoms with Gasteiger partial charge in [-0.1, -0.05) is 0 Å². The Kier molecular flexibility index (Phi) is 4.74. The van der Waals surface area contributed by atoms with Crippen molar-refractivity contribution < 1.29 is 4.74 Å². The molecule has 1 saturated heterocycles. The Labute approximate surface area is 132 Å². The summed E-state index contributed by atoms with van der Waals surface area (Å²) < 4.78 is 7.62. The van der Waals surface area contributed by atoms with E-state index in [0.29, 0.717) is 18.7 Å². The molecule has 3 rings (SSSR count). The predicted molar refractivity (Wildman–Crippen MR) is 88.1 cm³/mol. The number of ether oxygens (including phenoxy) is 1. The first kappa shape index (κ1) is 15.4. The maximum absolute atomic E-state index is 5.26. The lowest BCUT2D eigenvalue weighted by Crippen LogP contribution is -2.41. The van der Waals surface area contributed by atoms with Gasteiger partial charge in [0.1, 0.15) is 11.3 Å². The molecule has 0 radical (unpaired) electrons. The van der Waals surface area contributed by atoms with Gasteiger partial charge in [-0.3, -0.25) is 4.90 Å². The summed E-state index contributed by atoms with van der Waals surface area (Å²) in [6.07, 6.45) is 5.14. The topological polar surface area (TPSA) is 43.2 Å². The molecular formula is C17H26N4O. The number of hydrogen-bond donors (Lipinski definition) is 0. The quantitative estimate of drug-likeness (QED) is 0.851. The normalized spacial score (nSPS) is 20.1. The second-order valence-electron chi connectivity index (χ2n) is 6.37. The van der Waals surface area contributed by atoms with Crippen molar-refractivity contribution in [3.8, 4) is 0 Å². The molecule has 5 nitrogen and oxygen atoms in total. The molecule has 120 valence electrons. The van der Waals surface area contributed by atoms with Crippen LogP contribution >= 0.6 is 0 Å². The van der Waals surface area contributed by atoms with Crippen LogP contribution in [-0.2, 0) is 11.2 Å². The van der Waals surface area contributed by atoms with E-state index in [1.165, 1.54) is 19.4 Å². The number of methoxy groups -OCH3 is 1. The number of fused-ring (bicyclic) bond motifs is 1. The fourth-order valence-electron chi connectivity index (χ4n) is 3.39. The summed E-state index contributed by atoms with van der Waals surface area (Å²) in [7, 11) is 1.74. The van der Waals surface area contributed by atoms with Crippen molar-refractivity contribution in [3.63, 3.8) is 0 Å². The van der Waals surface area contributed by atoms with E-state index >= 15 is 0 Å². The van der Waals surface area contributed by atoms with Gasteiger partial charge in [0, 0.05) is 38.4 Å². The molecule has 0 bridgehead atoms. The molecule has 0 aromatic carbocycles. The van der Waals surface area contributed by atoms with Gasteiger partial charge in [0.25, 0.3) is 0 Å². The fraction of sp³-hybridized carbons (Fsp3) is 0.647. The summed E-state index contributed by atoms with van der Waals surface area (Å²) >= 11 is 0. The SMILES string of the molecule is COCCc1nc2cccnc2n1C1CCCN(C(C)C)C1. The van der Waals surface area contributed by atoms with Gasteiger partial charge < -0.3 is 9.30 Å². The second-order valence-corrected chi connectivity index (χ2v) is 6.37. The van der Waals surface area contributed by atoms with Crippen LogP contribution in [-0.4, -0.2) is 52.3 Å². The Morgan fingerprint density at radius 1 is 1.41 bits per heavy atom. The largest absolute Gasteiger partial charge is 0.384 e. The molecule has 1 atom stereocenters. The van der Waals surface area contributed by atoms with Gasteiger partial charge in [-0.05, 0) is 45.4 Å². The van der Waals surface area contributed by atoms with Crippen LogP contribution in [0.5, 0.6) is 0 Å². The second kappa shape index (κ2) is 6.75. The molecule has 0 aliphatic carbocycles. The van der Waals surface area contributed by atoms with Crippen LogP contribution < -0.4 is 0 Å². The van der Waals surface area contributed by atoms with E-state index in [-0.39, 0.29) is 0 Å². The van der Waals surface area contributed by atoms with E-state index in [4.69, 9.17) is 9.72 Å². The smallest absolute Gasteiger partial charge is 0.160 e. The molecular weight excluding hydrogens is 276 g/mol. The van der Waals surface area contributed by atoms with Gasteiger partial charge in [-0.2, -0.15) is 0 Å².